The van der Waals surface area contributed by atoms with Gasteiger partial charge < -0.3 is 15.3 Å². The molecule has 170 valence electrons. The number of carboxylic acid groups (broad SMARTS) is 1. The number of amides is 2. The van der Waals surface area contributed by atoms with Gasteiger partial charge in [-0.3, -0.25) is 14.9 Å². The Bertz CT molecular complexity index is 870. The van der Waals surface area contributed by atoms with E-state index in [1.54, 1.807) is 18.0 Å². The lowest BCUT2D eigenvalue weighted by Crippen LogP contribution is -2.57. The molecule has 31 heavy (non-hydrogen) atoms. The number of nitrogens with one attached hydrogen (secondary N) is 2. The van der Waals surface area contributed by atoms with Crippen LogP contribution < -0.4 is 10.6 Å². The van der Waals surface area contributed by atoms with E-state index in [1.807, 2.05) is 58.9 Å². The molecule has 0 aromatic heterocycles. The summed E-state index contributed by atoms with van der Waals surface area (Å²) in [6.45, 7) is 11.7. The van der Waals surface area contributed by atoms with Crippen LogP contribution in [0.3, 0.4) is 0 Å². The first-order valence-electron chi connectivity index (χ1n) is 10.6. The van der Waals surface area contributed by atoms with Gasteiger partial charge >= 0.3 is 5.97 Å². The first-order chi connectivity index (χ1) is 14.3. The van der Waals surface area contributed by atoms with Gasteiger partial charge in [0.2, 0.25) is 11.8 Å². The first kappa shape index (κ1) is 24.6. The number of carbonyl (C=O) groups is 3. The Morgan fingerprint density at radius 3 is 2.39 bits per heavy atom. The molecule has 3 atom stereocenters. The summed E-state index contributed by atoms with van der Waals surface area (Å²) < 4.78 is 0. The molecule has 7 nitrogen and oxygen atoms in total. The average Bonchev–Trinajstić information content (AvgIpc) is 3.11. The van der Waals surface area contributed by atoms with Gasteiger partial charge in [-0.2, -0.15) is 0 Å². The zero-order valence-electron chi connectivity index (χ0n) is 19.5. The number of carbonyl (C=O) groups excluding carboxylic acids is 2. The van der Waals surface area contributed by atoms with Gasteiger partial charge in [-0.15, -0.1) is 0 Å². The molecule has 7 heteroatoms. The second-order valence-corrected chi connectivity index (χ2v) is 9.66. The van der Waals surface area contributed by atoms with Crippen LogP contribution in [0.5, 0.6) is 0 Å². The van der Waals surface area contributed by atoms with E-state index in [0.717, 1.165) is 11.1 Å². The van der Waals surface area contributed by atoms with E-state index in [9.17, 15) is 19.5 Å². The van der Waals surface area contributed by atoms with E-state index in [-0.39, 0.29) is 23.3 Å². The predicted molar refractivity (Wildman–Crippen MR) is 120 cm³/mol. The monoisotopic (exact) mass is 429 g/mol. The molecule has 1 aromatic carbocycles. The maximum Gasteiger partial charge on any atom is 0.331 e. The minimum atomic E-state index is -1.02. The minimum absolute atomic E-state index is 0.00273. The molecule has 1 aliphatic rings. The summed E-state index contributed by atoms with van der Waals surface area (Å²) >= 11 is 0. The molecule has 1 heterocycles. The van der Waals surface area contributed by atoms with Crippen LogP contribution in [0.25, 0.3) is 0 Å². The Hall–Kier alpha value is -2.67. The van der Waals surface area contributed by atoms with Crippen LogP contribution in [-0.2, 0) is 20.9 Å². The molecule has 2 rings (SSSR count). The van der Waals surface area contributed by atoms with Crippen molar-refractivity contribution in [2.45, 2.75) is 66.2 Å². The van der Waals surface area contributed by atoms with Gasteiger partial charge in [0.1, 0.15) is 12.1 Å². The summed E-state index contributed by atoms with van der Waals surface area (Å²) in [5.74, 6) is -1.51. The molecule has 0 spiro atoms. The standard InChI is InChI=1S/C24H35N3O4/c1-14(2)18(12-15(3)23(30)31)27(7)22(29)20(24(4,5)6)26-21(28)19-17-11-9-8-10-16(17)13-25-19/h8-12,14,18-20,25H,13H2,1-7H3,(H,26,28)(H,30,31)/t18-,19?,20-/m1/s1. The average molecular weight is 430 g/mol. The fraction of sp³-hybridized carbons (Fsp3) is 0.542. The smallest absolute Gasteiger partial charge is 0.331 e. The Kier molecular flexibility index (Phi) is 7.65. The molecule has 2 amide bonds. The molecule has 0 bridgehead atoms. The number of hydrogen-bond donors (Lipinski definition) is 3. The molecule has 3 N–H and O–H groups in total. The molecule has 1 aromatic rings. The van der Waals surface area contributed by atoms with Crippen LogP contribution in [0.4, 0.5) is 0 Å². The van der Waals surface area contributed by atoms with Crippen molar-refractivity contribution in [1.82, 2.24) is 15.5 Å². The lowest BCUT2D eigenvalue weighted by Gasteiger charge is -2.37. The van der Waals surface area contributed by atoms with Crippen LogP contribution in [0, 0.1) is 11.3 Å². The fourth-order valence-corrected chi connectivity index (χ4v) is 3.84. The van der Waals surface area contributed by atoms with Crippen LogP contribution in [0.15, 0.2) is 35.9 Å². The van der Waals surface area contributed by atoms with Crippen LogP contribution in [0.2, 0.25) is 0 Å². The lowest BCUT2D eigenvalue weighted by atomic mass is 9.84. The summed E-state index contributed by atoms with van der Waals surface area (Å²) in [7, 11) is 1.66. The van der Waals surface area contributed by atoms with Gasteiger partial charge in [0.25, 0.3) is 0 Å². The molecule has 0 saturated heterocycles. The van der Waals surface area contributed by atoms with Crippen molar-refractivity contribution in [3.8, 4) is 0 Å². The summed E-state index contributed by atoms with van der Waals surface area (Å²) in [4.78, 5) is 39.5. The van der Waals surface area contributed by atoms with Crippen molar-refractivity contribution >= 4 is 17.8 Å². The normalized spacial score (nSPS) is 18.3. The molecule has 0 radical (unpaired) electrons. The van der Waals surface area contributed by atoms with Gasteiger partial charge in [0.15, 0.2) is 0 Å². The molecule has 1 unspecified atom stereocenters. The zero-order chi connectivity index (χ0) is 23.5. The lowest BCUT2D eigenvalue weighted by molar-refractivity contribution is -0.140. The van der Waals surface area contributed by atoms with E-state index in [1.165, 1.54) is 6.92 Å². The van der Waals surface area contributed by atoms with E-state index in [2.05, 4.69) is 10.6 Å². The predicted octanol–water partition coefficient (Wildman–Crippen LogP) is 2.88. The second kappa shape index (κ2) is 9.64. The Morgan fingerprint density at radius 2 is 1.84 bits per heavy atom. The largest absolute Gasteiger partial charge is 0.478 e. The Morgan fingerprint density at radius 1 is 1.23 bits per heavy atom. The van der Waals surface area contributed by atoms with Crippen LogP contribution in [-0.4, -0.2) is 46.9 Å². The van der Waals surface area contributed by atoms with Gasteiger partial charge in [0.05, 0.1) is 6.04 Å². The number of hydrogen-bond acceptors (Lipinski definition) is 4. The number of benzene rings is 1. The highest BCUT2D eigenvalue weighted by Gasteiger charge is 2.39. The summed E-state index contributed by atoms with van der Waals surface area (Å²) in [5.41, 5.74) is 1.65. The SMILES string of the molecule is CC(=C[C@H](C(C)C)N(C)C(=O)[C@@H](NC(=O)C1NCc2ccccc21)C(C)(C)C)C(=O)O. The highest BCUT2D eigenvalue weighted by atomic mass is 16.4. The molecule has 1 aliphatic heterocycles. The third-order valence-corrected chi connectivity index (χ3v) is 5.76. The number of nitrogens with zero attached hydrogens (tertiary/aromatic N) is 1. The first-order valence-corrected chi connectivity index (χ1v) is 10.6. The molecular weight excluding hydrogens is 394 g/mol. The zero-order valence-corrected chi connectivity index (χ0v) is 19.5. The number of aliphatic carboxylic acids is 1. The topological polar surface area (TPSA) is 98.7 Å². The summed E-state index contributed by atoms with van der Waals surface area (Å²) in [6, 6.07) is 6.07. The van der Waals surface area contributed by atoms with E-state index in [4.69, 9.17) is 0 Å². The van der Waals surface area contributed by atoms with Crippen molar-refractivity contribution < 1.29 is 19.5 Å². The van der Waals surface area contributed by atoms with Crippen molar-refractivity contribution in [1.29, 1.82) is 0 Å². The van der Waals surface area contributed by atoms with E-state index >= 15 is 0 Å². The summed E-state index contributed by atoms with van der Waals surface area (Å²) in [5, 5.41) is 15.4. The molecule has 0 saturated carbocycles. The number of likely N-dealkylation sites (N-methyl/N-ethyl adjacent to an activating group) is 1. The number of fused-ring (bicyclic) bond motifs is 1. The number of rotatable bonds is 7. The van der Waals surface area contributed by atoms with Crippen LogP contribution in [0.1, 0.15) is 58.7 Å². The third-order valence-electron chi connectivity index (χ3n) is 5.76. The Labute approximate surface area is 184 Å². The van der Waals surface area contributed by atoms with Crippen molar-refractivity contribution in [2.75, 3.05) is 7.05 Å². The van der Waals surface area contributed by atoms with Crippen molar-refractivity contribution in [3.63, 3.8) is 0 Å². The van der Waals surface area contributed by atoms with Crippen LogP contribution >= 0.6 is 0 Å². The Balaban J connectivity index is 2.27. The maximum atomic E-state index is 13.5. The molecular formula is C24H35N3O4. The van der Waals surface area contributed by atoms with Gasteiger partial charge in [-0.05, 0) is 29.4 Å². The highest BCUT2D eigenvalue weighted by Crippen LogP contribution is 2.28. The van der Waals surface area contributed by atoms with E-state index < -0.39 is 29.5 Å². The minimum Gasteiger partial charge on any atom is -0.478 e. The van der Waals surface area contributed by atoms with Crippen molar-refractivity contribution in [2.24, 2.45) is 11.3 Å². The molecule has 0 fully saturated rings. The quantitative estimate of drug-likeness (QED) is 0.579. The summed E-state index contributed by atoms with van der Waals surface area (Å²) in [6.07, 6.45) is 1.60. The van der Waals surface area contributed by atoms with Crippen molar-refractivity contribution in [3.05, 3.63) is 47.0 Å². The highest BCUT2D eigenvalue weighted by molar-refractivity contribution is 5.92. The van der Waals surface area contributed by atoms with Gasteiger partial charge in [0, 0.05) is 19.2 Å². The van der Waals surface area contributed by atoms with Gasteiger partial charge in [-0.25, -0.2) is 4.79 Å². The van der Waals surface area contributed by atoms with E-state index in [0.29, 0.717) is 6.54 Å². The second-order valence-electron chi connectivity index (χ2n) is 9.66. The molecule has 0 aliphatic carbocycles. The van der Waals surface area contributed by atoms with Gasteiger partial charge in [-0.1, -0.05) is 65.0 Å². The fourth-order valence-electron chi connectivity index (χ4n) is 3.84. The number of carboxylic acids is 1. The maximum absolute atomic E-state index is 13.5. The third kappa shape index (κ3) is 5.73.